The van der Waals surface area contributed by atoms with Gasteiger partial charge >= 0.3 is 0 Å². The molecule has 0 aliphatic rings. The Balaban J connectivity index is 1.59. The smallest absolute Gasteiger partial charge is 0.165 e. The lowest BCUT2D eigenvalue weighted by atomic mass is 9.96. The molecule has 1 N–H and O–H groups in total. The van der Waals surface area contributed by atoms with Crippen LogP contribution in [0.3, 0.4) is 0 Å². The van der Waals surface area contributed by atoms with Crippen molar-refractivity contribution in [1.82, 2.24) is 0 Å². The molecule has 4 aromatic rings. The fourth-order valence-corrected chi connectivity index (χ4v) is 3.77. The Morgan fingerprint density at radius 2 is 1.53 bits per heavy atom. The Bertz CT molecular complexity index is 1180. The first kappa shape index (κ1) is 21.4. The van der Waals surface area contributed by atoms with Gasteiger partial charge in [-0.2, -0.15) is 0 Å². The zero-order chi connectivity index (χ0) is 22.3. The fraction of sp³-hybridized carbons (Fsp3) is 0.179. The molecule has 0 aliphatic heterocycles. The van der Waals surface area contributed by atoms with Gasteiger partial charge in [0.05, 0.1) is 19.8 Å². The maximum Gasteiger partial charge on any atom is 0.165 e. The minimum absolute atomic E-state index is 0.0932. The van der Waals surface area contributed by atoms with E-state index in [1.165, 1.54) is 0 Å². The van der Waals surface area contributed by atoms with E-state index in [1.807, 2.05) is 91.9 Å². The van der Waals surface area contributed by atoms with Crippen LogP contribution in [0.15, 0.2) is 91.0 Å². The van der Waals surface area contributed by atoms with Gasteiger partial charge in [-0.05, 0) is 65.7 Å². The van der Waals surface area contributed by atoms with E-state index >= 15 is 0 Å². The van der Waals surface area contributed by atoms with Crippen molar-refractivity contribution in [2.75, 3.05) is 19.0 Å². The monoisotopic (exact) mass is 425 g/mol. The molecule has 0 fully saturated rings. The van der Waals surface area contributed by atoms with Crippen LogP contribution < -0.4 is 14.8 Å². The molecule has 1 atom stereocenters. The van der Waals surface area contributed by atoms with Gasteiger partial charge in [0.1, 0.15) is 11.5 Å². The van der Waals surface area contributed by atoms with Crippen LogP contribution in [-0.2, 0) is 0 Å². The Hall–Kier alpha value is -3.79. The normalized spacial score (nSPS) is 11.7. The number of carbonyl (C=O) groups excluding carboxylic acids is 1. The summed E-state index contributed by atoms with van der Waals surface area (Å²) in [7, 11) is 1.65. The summed E-state index contributed by atoms with van der Waals surface area (Å²) in [6.45, 7) is 2.58. The van der Waals surface area contributed by atoms with Crippen LogP contribution in [0.2, 0.25) is 0 Å². The van der Waals surface area contributed by atoms with Crippen molar-refractivity contribution in [3.8, 4) is 11.5 Å². The lowest BCUT2D eigenvalue weighted by Crippen LogP contribution is -2.16. The summed E-state index contributed by atoms with van der Waals surface area (Å²) in [6, 6.07) is 29.4. The zero-order valence-corrected chi connectivity index (χ0v) is 18.4. The molecule has 0 bridgehead atoms. The fourth-order valence-electron chi connectivity index (χ4n) is 3.77. The summed E-state index contributed by atoms with van der Waals surface area (Å²) in [5, 5.41) is 5.72. The van der Waals surface area contributed by atoms with E-state index in [1.54, 1.807) is 7.11 Å². The second-order valence-corrected chi connectivity index (χ2v) is 7.62. The number of ether oxygens (including phenoxy) is 2. The van der Waals surface area contributed by atoms with E-state index in [2.05, 4.69) is 11.4 Å². The lowest BCUT2D eigenvalue weighted by Gasteiger charge is -2.21. The number of methoxy groups -OCH3 is 1. The van der Waals surface area contributed by atoms with Gasteiger partial charge in [-0.3, -0.25) is 4.79 Å². The van der Waals surface area contributed by atoms with Gasteiger partial charge in [0.25, 0.3) is 0 Å². The maximum absolute atomic E-state index is 13.2. The summed E-state index contributed by atoms with van der Waals surface area (Å²) >= 11 is 0. The minimum Gasteiger partial charge on any atom is -0.497 e. The third-order valence-electron chi connectivity index (χ3n) is 5.49. The minimum atomic E-state index is -0.182. The van der Waals surface area contributed by atoms with E-state index in [9.17, 15) is 4.79 Å². The van der Waals surface area contributed by atoms with Gasteiger partial charge in [0.2, 0.25) is 0 Å². The van der Waals surface area contributed by atoms with Crippen molar-refractivity contribution >= 4 is 22.2 Å². The second-order valence-electron chi connectivity index (χ2n) is 7.62. The number of anilines is 1. The van der Waals surface area contributed by atoms with Crippen molar-refractivity contribution in [2.24, 2.45) is 0 Å². The van der Waals surface area contributed by atoms with Crippen LogP contribution in [0, 0.1) is 0 Å². The third-order valence-corrected chi connectivity index (χ3v) is 5.49. The summed E-state index contributed by atoms with van der Waals surface area (Å²) in [5.74, 6) is 1.70. The zero-order valence-electron chi connectivity index (χ0n) is 18.4. The Morgan fingerprint density at radius 1 is 0.844 bits per heavy atom. The number of ketones is 1. The largest absolute Gasteiger partial charge is 0.497 e. The van der Waals surface area contributed by atoms with Gasteiger partial charge in [-0.25, -0.2) is 0 Å². The second kappa shape index (κ2) is 10.0. The average molecular weight is 426 g/mol. The van der Waals surface area contributed by atoms with E-state index in [0.29, 0.717) is 13.0 Å². The van der Waals surface area contributed by atoms with Crippen molar-refractivity contribution in [3.63, 3.8) is 0 Å². The van der Waals surface area contributed by atoms with E-state index in [0.717, 1.165) is 39.1 Å². The molecule has 0 saturated heterocycles. The maximum atomic E-state index is 13.2. The highest BCUT2D eigenvalue weighted by Gasteiger charge is 2.18. The number of nitrogens with one attached hydrogen (secondary N) is 1. The van der Waals surface area contributed by atoms with Crippen LogP contribution in [-0.4, -0.2) is 19.5 Å². The molecular formula is C28H27NO3. The molecule has 0 amide bonds. The molecular weight excluding hydrogens is 398 g/mol. The number of benzene rings is 4. The molecule has 0 heterocycles. The SMILES string of the molecule is CCOc1ccc(C(CC(=O)c2ccc3ccccc3c2)Nc2ccc(OC)cc2)cc1. The van der Waals surface area contributed by atoms with Gasteiger partial charge in [-0.1, -0.05) is 48.5 Å². The van der Waals surface area contributed by atoms with Crippen LogP contribution in [0.5, 0.6) is 11.5 Å². The third kappa shape index (κ3) is 5.09. The van der Waals surface area contributed by atoms with Crippen molar-refractivity contribution in [3.05, 3.63) is 102 Å². The molecule has 4 rings (SSSR count). The standard InChI is InChI=1S/C28H27NO3/c1-3-32-26-14-10-21(11-15-26)27(29-24-12-16-25(31-2)17-13-24)19-28(30)23-9-8-20-6-4-5-7-22(20)18-23/h4-18,27,29H,3,19H2,1-2H3. The van der Waals surface area contributed by atoms with Crippen molar-refractivity contribution in [1.29, 1.82) is 0 Å². The molecule has 4 heteroatoms. The lowest BCUT2D eigenvalue weighted by molar-refractivity contribution is 0.0976. The van der Waals surface area contributed by atoms with E-state index < -0.39 is 0 Å². The number of hydrogen-bond acceptors (Lipinski definition) is 4. The highest BCUT2D eigenvalue weighted by molar-refractivity contribution is 6.00. The first-order chi connectivity index (χ1) is 15.7. The molecule has 0 aromatic heterocycles. The van der Waals surface area contributed by atoms with Crippen LogP contribution in [0.4, 0.5) is 5.69 Å². The van der Waals surface area contributed by atoms with E-state index in [4.69, 9.17) is 9.47 Å². The summed E-state index contributed by atoms with van der Waals surface area (Å²) in [5.41, 5.74) is 2.67. The summed E-state index contributed by atoms with van der Waals surface area (Å²) in [6.07, 6.45) is 0.332. The Labute approximate surface area is 188 Å². The Kier molecular flexibility index (Phi) is 6.71. The number of Topliss-reactive ketones (excluding diaryl/α,β-unsaturated/α-hetero) is 1. The molecule has 0 aliphatic carbocycles. The highest BCUT2D eigenvalue weighted by atomic mass is 16.5. The topological polar surface area (TPSA) is 47.6 Å². The average Bonchev–Trinajstić information content (AvgIpc) is 2.84. The molecule has 0 saturated carbocycles. The molecule has 4 nitrogen and oxygen atoms in total. The van der Waals surface area contributed by atoms with Crippen LogP contribution >= 0.6 is 0 Å². The first-order valence-corrected chi connectivity index (χ1v) is 10.8. The van der Waals surface area contributed by atoms with Gasteiger partial charge in [0.15, 0.2) is 5.78 Å². The van der Waals surface area contributed by atoms with Gasteiger partial charge < -0.3 is 14.8 Å². The van der Waals surface area contributed by atoms with Crippen LogP contribution in [0.1, 0.15) is 35.3 Å². The van der Waals surface area contributed by atoms with Crippen molar-refractivity contribution in [2.45, 2.75) is 19.4 Å². The molecule has 32 heavy (non-hydrogen) atoms. The van der Waals surface area contributed by atoms with E-state index in [-0.39, 0.29) is 11.8 Å². The molecule has 4 aromatic carbocycles. The molecule has 1 unspecified atom stereocenters. The van der Waals surface area contributed by atoms with Crippen LogP contribution in [0.25, 0.3) is 10.8 Å². The van der Waals surface area contributed by atoms with Crippen molar-refractivity contribution < 1.29 is 14.3 Å². The summed E-state index contributed by atoms with van der Waals surface area (Å²) in [4.78, 5) is 13.2. The van der Waals surface area contributed by atoms with Gasteiger partial charge in [-0.15, -0.1) is 0 Å². The predicted molar refractivity (Wildman–Crippen MR) is 130 cm³/mol. The molecule has 0 spiro atoms. The number of carbonyl (C=O) groups is 1. The quantitative estimate of drug-likeness (QED) is 0.304. The van der Waals surface area contributed by atoms with Gasteiger partial charge in [0, 0.05) is 17.7 Å². The number of rotatable bonds is 9. The Morgan fingerprint density at radius 3 is 2.22 bits per heavy atom. The molecule has 162 valence electrons. The highest BCUT2D eigenvalue weighted by Crippen LogP contribution is 2.28. The summed E-state index contributed by atoms with van der Waals surface area (Å²) < 4.78 is 10.8. The predicted octanol–water partition coefficient (Wildman–Crippen LogP) is 6.67. The first-order valence-electron chi connectivity index (χ1n) is 10.8. The molecule has 0 radical (unpaired) electrons. The number of fused-ring (bicyclic) bond motifs is 1. The number of hydrogen-bond donors (Lipinski definition) is 1.